The molecule has 1 atom stereocenters. The number of benzene rings is 2. The Morgan fingerprint density at radius 2 is 1.95 bits per heavy atom. The van der Waals surface area contributed by atoms with Crippen LogP contribution in [0.4, 0.5) is 5.69 Å². The average Bonchev–Trinajstić information content (AvgIpc) is 2.84. The summed E-state index contributed by atoms with van der Waals surface area (Å²) >= 11 is 0. The maximum atomic E-state index is 10.6. The van der Waals surface area contributed by atoms with E-state index in [9.17, 15) is 5.11 Å². The average molecular weight is 281 g/mol. The third kappa shape index (κ3) is 2.81. The van der Waals surface area contributed by atoms with Crippen LogP contribution in [0.15, 0.2) is 36.4 Å². The minimum absolute atomic E-state index is 0.429. The summed E-state index contributed by atoms with van der Waals surface area (Å²) in [4.78, 5) is 2.27. The number of aliphatic hydroxyl groups excluding tert-OH is 1. The molecule has 2 heteroatoms. The van der Waals surface area contributed by atoms with E-state index in [1.807, 2.05) is 0 Å². The van der Waals surface area contributed by atoms with E-state index in [0.29, 0.717) is 6.42 Å². The van der Waals surface area contributed by atoms with E-state index < -0.39 is 6.10 Å². The van der Waals surface area contributed by atoms with Gasteiger partial charge in [-0.25, -0.2) is 0 Å². The summed E-state index contributed by atoms with van der Waals surface area (Å²) in [5.41, 5.74) is 7.43. The second-order valence-electron chi connectivity index (χ2n) is 6.21. The van der Waals surface area contributed by atoms with E-state index in [2.05, 4.69) is 62.2 Å². The number of aliphatic hydroxyl groups is 1. The predicted molar refractivity (Wildman–Crippen MR) is 88.0 cm³/mol. The summed E-state index contributed by atoms with van der Waals surface area (Å²) in [7, 11) is 2.12. The maximum absolute atomic E-state index is 10.6. The summed E-state index contributed by atoms with van der Waals surface area (Å²) in [5, 5.41) is 10.6. The zero-order valence-electron chi connectivity index (χ0n) is 13.1. The van der Waals surface area contributed by atoms with Crippen molar-refractivity contribution < 1.29 is 5.11 Å². The molecule has 0 aromatic heterocycles. The van der Waals surface area contributed by atoms with E-state index in [0.717, 1.165) is 18.5 Å². The molecule has 0 bridgehead atoms. The second-order valence-corrected chi connectivity index (χ2v) is 6.21. The highest BCUT2D eigenvalue weighted by atomic mass is 16.3. The number of fused-ring (bicyclic) bond motifs is 1. The first-order chi connectivity index (χ1) is 10.0. The first-order valence-corrected chi connectivity index (χ1v) is 7.63. The molecular formula is C19H23NO. The molecular weight excluding hydrogens is 258 g/mol. The molecule has 0 aliphatic carbocycles. The minimum atomic E-state index is -0.429. The summed E-state index contributed by atoms with van der Waals surface area (Å²) in [6.07, 6.45) is 1.33. The van der Waals surface area contributed by atoms with Crippen molar-refractivity contribution >= 4 is 5.69 Å². The van der Waals surface area contributed by atoms with Gasteiger partial charge < -0.3 is 10.0 Å². The smallest absolute Gasteiger partial charge is 0.0830 e. The van der Waals surface area contributed by atoms with E-state index >= 15 is 0 Å². The molecule has 0 saturated carbocycles. The molecule has 0 fully saturated rings. The molecule has 2 aromatic rings. The van der Waals surface area contributed by atoms with Crippen LogP contribution in [0.25, 0.3) is 0 Å². The van der Waals surface area contributed by atoms with E-state index in [-0.39, 0.29) is 0 Å². The van der Waals surface area contributed by atoms with Crippen LogP contribution in [0.1, 0.15) is 33.9 Å². The Balaban J connectivity index is 1.82. The largest absolute Gasteiger partial charge is 0.388 e. The van der Waals surface area contributed by atoms with Crippen LogP contribution in [0, 0.1) is 13.8 Å². The molecule has 1 unspecified atom stereocenters. The lowest BCUT2D eigenvalue weighted by molar-refractivity contribution is 0.178. The van der Waals surface area contributed by atoms with Gasteiger partial charge in [-0.05, 0) is 48.6 Å². The van der Waals surface area contributed by atoms with Crippen LogP contribution in [-0.4, -0.2) is 18.7 Å². The molecule has 0 radical (unpaired) electrons. The Hall–Kier alpha value is -1.80. The molecule has 1 N–H and O–H groups in total. The molecule has 1 aliphatic heterocycles. The fourth-order valence-corrected chi connectivity index (χ4v) is 3.14. The van der Waals surface area contributed by atoms with Gasteiger partial charge in [0.25, 0.3) is 0 Å². The first-order valence-electron chi connectivity index (χ1n) is 7.63. The summed E-state index contributed by atoms with van der Waals surface area (Å²) < 4.78 is 0. The van der Waals surface area contributed by atoms with Crippen LogP contribution < -0.4 is 4.90 Å². The SMILES string of the molecule is Cc1ccc(C)c(CC(O)c2ccc3c(c2)CCN3C)c1. The Labute approximate surface area is 127 Å². The van der Waals surface area contributed by atoms with Gasteiger partial charge in [-0.2, -0.15) is 0 Å². The van der Waals surface area contributed by atoms with E-state index in [1.54, 1.807) is 0 Å². The van der Waals surface area contributed by atoms with Gasteiger partial charge in [0.15, 0.2) is 0 Å². The van der Waals surface area contributed by atoms with Crippen LogP contribution >= 0.6 is 0 Å². The molecule has 1 aliphatic rings. The number of rotatable bonds is 3. The third-order valence-corrected chi connectivity index (χ3v) is 4.53. The van der Waals surface area contributed by atoms with Crippen molar-refractivity contribution in [2.24, 2.45) is 0 Å². The minimum Gasteiger partial charge on any atom is -0.388 e. The Morgan fingerprint density at radius 1 is 1.14 bits per heavy atom. The van der Waals surface area contributed by atoms with Crippen molar-refractivity contribution in [3.63, 3.8) is 0 Å². The summed E-state index contributed by atoms with van der Waals surface area (Å²) in [6.45, 7) is 5.28. The predicted octanol–water partition coefficient (Wildman–Crippen LogP) is 3.57. The fraction of sp³-hybridized carbons (Fsp3) is 0.368. The maximum Gasteiger partial charge on any atom is 0.0830 e. The van der Waals surface area contributed by atoms with Crippen LogP contribution in [-0.2, 0) is 12.8 Å². The fourth-order valence-electron chi connectivity index (χ4n) is 3.14. The number of likely N-dealkylation sites (N-methyl/N-ethyl adjacent to an activating group) is 1. The normalized spacial score (nSPS) is 15.1. The second kappa shape index (κ2) is 5.53. The van der Waals surface area contributed by atoms with Crippen LogP contribution in [0.3, 0.4) is 0 Å². The zero-order chi connectivity index (χ0) is 15.0. The van der Waals surface area contributed by atoms with Crippen molar-refractivity contribution in [3.8, 4) is 0 Å². The number of aryl methyl sites for hydroxylation is 2. The Morgan fingerprint density at radius 3 is 2.76 bits per heavy atom. The van der Waals surface area contributed by atoms with Crippen molar-refractivity contribution in [2.45, 2.75) is 32.8 Å². The van der Waals surface area contributed by atoms with Gasteiger partial charge in [-0.3, -0.25) is 0 Å². The quantitative estimate of drug-likeness (QED) is 0.929. The molecule has 0 amide bonds. The molecule has 0 spiro atoms. The number of anilines is 1. The van der Waals surface area contributed by atoms with Crippen molar-refractivity contribution in [1.82, 2.24) is 0 Å². The topological polar surface area (TPSA) is 23.5 Å². The zero-order valence-corrected chi connectivity index (χ0v) is 13.1. The molecule has 2 aromatic carbocycles. The van der Waals surface area contributed by atoms with Gasteiger partial charge in [0, 0.05) is 25.7 Å². The number of hydrogen-bond donors (Lipinski definition) is 1. The van der Waals surface area contributed by atoms with E-state index in [1.165, 1.54) is 27.9 Å². The summed E-state index contributed by atoms with van der Waals surface area (Å²) in [5.74, 6) is 0. The molecule has 0 saturated heterocycles. The van der Waals surface area contributed by atoms with Gasteiger partial charge in [0.2, 0.25) is 0 Å². The lowest BCUT2D eigenvalue weighted by atomic mass is 9.95. The van der Waals surface area contributed by atoms with E-state index in [4.69, 9.17) is 0 Å². The first kappa shape index (κ1) is 14.2. The number of nitrogens with zero attached hydrogens (tertiary/aromatic N) is 1. The highest BCUT2D eigenvalue weighted by molar-refractivity contribution is 5.58. The Bertz CT molecular complexity index is 663. The van der Waals surface area contributed by atoms with Crippen molar-refractivity contribution in [1.29, 1.82) is 0 Å². The van der Waals surface area contributed by atoms with Crippen LogP contribution in [0.2, 0.25) is 0 Å². The van der Waals surface area contributed by atoms with Gasteiger partial charge in [0.05, 0.1) is 6.10 Å². The number of hydrogen-bond acceptors (Lipinski definition) is 2. The molecule has 1 heterocycles. The lowest BCUT2D eigenvalue weighted by Crippen LogP contribution is -2.12. The molecule has 2 nitrogen and oxygen atoms in total. The van der Waals surface area contributed by atoms with Gasteiger partial charge in [0.1, 0.15) is 0 Å². The summed E-state index contributed by atoms with van der Waals surface area (Å²) in [6, 6.07) is 12.8. The lowest BCUT2D eigenvalue weighted by Gasteiger charge is -2.16. The molecule has 110 valence electrons. The van der Waals surface area contributed by atoms with Gasteiger partial charge >= 0.3 is 0 Å². The van der Waals surface area contributed by atoms with Crippen molar-refractivity contribution in [3.05, 3.63) is 64.2 Å². The monoisotopic (exact) mass is 281 g/mol. The molecule has 3 rings (SSSR count). The Kier molecular flexibility index (Phi) is 3.73. The standard InChI is InChI=1S/C19H23NO/c1-13-4-5-14(2)17(10-13)12-19(21)16-6-7-18-15(11-16)8-9-20(18)3/h4-7,10-11,19,21H,8-9,12H2,1-3H3. The highest BCUT2D eigenvalue weighted by Gasteiger charge is 2.18. The van der Waals surface area contributed by atoms with Gasteiger partial charge in [-0.1, -0.05) is 35.9 Å². The third-order valence-electron chi connectivity index (χ3n) is 4.53. The molecule has 21 heavy (non-hydrogen) atoms. The van der Waals surface area contributed by atoms with Gasteiger partial charge in [-0.15, -0.1) is 0 Å². The van der Waals surface area contributed by atoms with Crippen molar-refractivity contribution in [2.75, 3.05) is 18.5 Å². The van der Waals surface area contributed by atoms with Crippen LogP contribution in [0.5, 0.6) is 0 Å². The highest BCUT2D eigenvalue weighted by Crippen LogP contribution is 2.30.